The molecule has 0 aliphatic rings. The summed E-state index contributed by atoms with van der Waals surface area (Å²) in [6.45, 7) is 3.07. The van der Waals surface area contributed by atoms with Crippen LogP contribution in [0.3, 0.4) is 0 Å². The molecule has 0 saturated heterocycles. The molecule has 11 amide bonds. The molecule has 0 bridgehead atoms. The quantitative estimate of drug-likeness (QED) is 0.0285. The third kappa shape index (κ3) is 23.0. The zero-order valence-corrected chi connectivity index (χ0v) is 42.6. The summed E-state index contributed by atoms with van der Waals surface area (Å²) >= 11 is 0. The normalized spacial score (nSPS) is 16.2. The Bertz CT molecular complexity index is 2170. The summed E-state index contributed by atoms with van der Waals surface area (Å²) in [5, 5.41) is 82.8. The van der Waals surface area contributed by atoms with Crippen LogP contribution >= 0.6 is 0 Å². The number of nitrogens with two attached hydrogens (primary N) is 3. The van der Waals surface area contributed by atoms with Gasteiger partial charge in [-0.15, -0.1) is 0 Å². The summed E-state index contributed by atoms with van der Waals surface area (Å²) in [5.74, 6) is -13.7. The lowest BCUT2D eigenvalue weighted by Crippen LogP contribution is -2.64. The SMILES string of the molecule is C[C@H](NC(=O)[C@H](CCCCN)NC(=O)[C@H](C)NC(=O)[C@@H](NC(=O)[C@@H](NC(=O)[C@H](CO)NC(=O)[C@@H](NC(=O)[C@H](Cc1ccccc1)NC(=O)[C@H](CC(N)=O)NC(=O)[C@H](CO)NC(=O)CN)[C@@H](C)O)[C@@H](C)O)[C@@H](C)O)C(=O)O. The van der Waals surface area contributed by atoms with Crippen LogP contribution in [-0.2, 0) is 64.0 Å². The number of aliphatic hydroxyl groups is 5. The molecule has 31 nitrogen and oxygen atoms in total. The van der Waals surface area contributed by atoms with Gasteiger partial charge in [-0.3, -0.25) is 57.5 Å². The number of carbonyl (C=O) groups excluding carboxylic acids is 11. The molecular weight excluding hydrogens is 1010 g/mol. The highest BCUT2D eigenvalue weighted by Gasteiger charge is 2.38. The highest BCUT2D eigenvalue weighted by molar-refractivity contribution is 5.99. The number of carbonyl (C=O) groups is 12. The first-order valence-corrected chi connectivity index (χ1v) is 23.9. The van der Waals surface area contributed by atoms with Crippen LogP contribution in [0, 0.1) is 0 Å². The number of carboxylic acid groups (broad SMARTS) is 1. The molecule has 22 N–H and O–H groups in total. The zero-order chi connectivity index (χ0) is 58.0. The van der Waals surface area contributed by atoms with Crippen molar-refractivity contribution < 1.29 is 88.2 Å². The molecule has 0 fully saturated rings. The molecule has 0 spiro atoms. The first kappa shape index (κ1) is 66.6. The number of aliphatic hydroxyl groups excluding tert-OH is 5. The van der Waals surface area contributed by atoms with Gasteiger partial charge in [-0.1, -0.05) is 30.3 Å². The predicted octanol–water partition coefficient (Wildman–Crippen LogP) is -9.71. The van der Waals surface area contributed by atoms with Gasteiger partial charge < -0.3 is 101 Å². The molecule has 76 heavy (non-hydrogen) atoms. The number of unbranched alkanes of at least 4 members (excludes halogenated alkanes) is 1. The summed E-state index contributed by atoms with van der Waals surface area (Å²) in [4.78, 5) is 155. The average Bonchev–Trinajstić information content (AvgIpc) is 3.35. The Morgan fingerprint density at radius 2 is 0.868 bits per heavy atom. The van der Waals surface area contributed by atoms with Gasteiger partial charge in [0.05, 0.1) is 44.5 Å². The van der Waals surface area contributed by atoms with Crippen LogP contribution in [0.25, 0.3) is 0 Å². The van der Waals surface area contributed by atoms with Crippen molar-refractivity contribution in [3.63, 3.8) is 0 Å². The number of nitrogens with one attached hydrogen (secondary N) is 10. The number of amides is 11. The van der Waals surface area contributed by atoms with E-state index in [0.717, 1.165) is 20.8 Å². The molecule has 1 rings (SSSR count). The summed E-state index contributed by atoms with van der Waals surface area (Å²) in [6, 6.07) is -9.00. The Labute approximate surface area is 436 Å². The summed E-state index contributed by atoms with van der Waals surface area (Å²) in [7, 11) is 0. The van der Waals surface area contributed by atoms with Crippen molar-refractivity contribution in [3.8, 4) is 0 Å². The minimum absolute atomic E-state index is 0.0407. The maximum absolute atomic E-state index is 13.9. The van der Waals surface area contributed by atoms with Crippen LogP contribution in [-0.4, -0.2) is 207 Å². The van der Waals surface area contributed by atoms with Gasteiger partial charge in [0, 0.05) is 6.42 Å². The summed E-state index contributed by atoms with van der Waals surface area (Å²) in [6.07, 6.45) is -5.58. The van der Waals surface area contributed by atoms with Crippen molar-refractivity contribution in [1.29, 1.82) is 0 Å². The topological polar surface area (TPSA) is 525 Å². The van der Waals surface area contributed by atoms with E-state index in [1.807, 2.05) is 0 Å². The molecule has 0 heterocycles. The van der Waals surface area contributed by atoms with E-state index >= 15 is 0 Å². The Balaban J connectivity index is 3.29. The second-order valence-corrected chi connectivity index (χ2v) is 17.6. The maximum atomic E-state index is 13.9. The number of aliphatic carboxylic acids is 1. The van der Waals surface area contributed by atoms with Gasteiger partial charge in [-0.25, -0.2) is 0 Å². The molecule has 0 unspecified atom stereocenters. The fourth-order valence-electron chi connectivity index (χ4n) is 6.69. The van der Waals surface area contributed by atoms with E-state index in [2.05, 4.69) is 53.2 Å². The summed E-state index contributed by atoms with van der Waals surface area (Å²) < 4.78 is 0. The lowest BCUT2D eigenvalue weighted by atomic mass is 10.0. The van der Waals surface area contributed by atoms with Gasteiger partial charge in [0.2, 0.25) is 65.0 Å². The van der Waals surface area contributed by atoms with Crippen LogP contribution in [0.15, 0.2) is 30.3 Å². The fourth-order valence-corrected chi connectivity index (χ4v) is 6.69. The number of hydrogen-bond acceptors (Lipinski definition) is 19. The fraction of sp³-hybridized carbons (Fsp3) is 0.600. The molecule has 0 radical (unpaired) electrons. The van der Waals surface area contributed by atoms with Crippen LogP contribution in [0.4, 0.5) is 0 Å². The molecule has 1 aromatic carbocycles. The Hall–Kier alpha value is -7.42. The summed E-state index contributed by atoms with van der Waals surface area (Å²) in [5.41, 5.74) is 16.5. The monoisotopic (exact) mass is 1080 g/mol. The number of hydrogen-bond donors (Lipinski definition) is 19. The van der Waals surface area contributed by atoms with Gasteiger partial charge in [-0.2, -0.15) is 0 Å². The van der Waals surface area contributed by atoms with E-state index in [-0.39, 0.29) is 19.4 Å². The van der Waals surface area contributed by atoms with Gasteiger partial charge in [0.25, 0.3) is 0 Å². The lowest BCUT2D eigenvalue weighted by Gasteiger charge is -2.29. The third-order valence-corrected chi connectivity index (χ3v) is 11.0. The molecule has 0 aliphatic carbocycles. The highest BCUT2D eigenvalue weighted by atomic mass is 16.4. The van der Waals surface area contributed by atoms with Gasteiger partial charge in [0.1, 0.15) is 60.4 Å². The van der Waals surface area contributed by atoms with Crippen LogP contribution in [0.1, 0.15) is 65.9 Å². The van der Waals surface area contributed by atoms with E-state index < -0.39 is 176 Å². The van der Waals surface area contributed by atoms with Crippen LogP contribution in [0.2, 0.25) is 0 Å². The van der Waals surface area contributed by atoms with Gasteiger partial charge >= 0.3 is 5.97 Å². The van der Waals surface area contributed by atoms with E-state index in [4.69, 9.17) is 17.2 Å². The number of carboxylic acids is 1. The molecule has 13 atom stereocenters. The standard InChI is InChI=1S/C45H73N13O18/c1-20(36(66)52-26(13-9-10-14-46)37(67)50-21(2)45(75)76)49-42(72)33(22(3)61)58-44(74)35(24(5)63)57-41(71)30(19-60)55-43(73)34(23(4)62)56-39(69)27(15-25-11-7-6-8-12-25)53-38(68)28(16-31(48)64)54-40(70)29(18-59)51-32(65)17-47/h6-8,11-12,20-24,26-30,33-35,59-63H,9-10,13-19,46-47H2,1-5H3,(H2,48,64)(H,49,72)(H,50,67)(H,51,65)(H,52,66)(H,53,68)(H,54,70)(H,55,73)(H,56,69)(H,57,71)(H,58,74)(H,75,76)/t20-,21-,22+,23+,24+,26-,27-,28-,29-,30-,33-,34-,35-/m0/s1. The smallest absolute Gasteiger partial charge is 0.325 e. The zero-order valence-electron chi connectivity index (χ0n) is 42.6. The minimum atomic E-state index is -1.99. The largest absolute Gasteiger partial charge is 0.480 e. The molecule has 0 aliphatic heterocycles. The van der Waals surface area contributed by atoms with E-state index in [0.29, 0.717) is 18.4 Å². The Kier molecular flexibility index (Phi) is 29.3. The van der Waals surface area contributed by atoms with Crippen molar-refractivity contribution in [2.45, 2.75) is 145 Å². The second-order valence-electron chi connectivity index (χ2n) is 17.6. The van der Waals surface area contributed by atoms with Crippen LogP contribution in [0.5, 0.6) is 0 Å². The minimum Gasteiger partial charge on any atom is -0.480 e. The van der Waals surface area contributed by atoms with E-state index in [1.54, 1.807) is 30.3 Å². The van der Waals surface area contributed by atoms with Crippen molar-refractivity contribution in [1.82, 2.24) is 53.2 Å². The van der Waals surface area contributed by atoms with Crippen molar-refractivity contribution in [2.24, 2.45) is 17.2 Å². The first-order chi connectivity index (χ1) is 35.6. The maximum Gasteiger partial charge on any atom is 0.325 e. The molecule has 426 valence electrons. The molecular formula is C45H73N13O18. The molecule has 31 heteroatoms. The second kappa shape index (κ2) is 33.5. The lowest BCUT2D eigenvalue weighted by molar-refractivity contribution is -0.142. The molecule has 0 saturated carbocycles. The van der Waals surface area contributed by atoms with E-state index in [1.165, 1.54) is 13.8 Å². The molecule has 0 aromatic heterocycles. The van der Waals surface area contributed by atoms with E-state index in [9.17, 15) is 88.2 Å². The third-order valence-electron chi connectivity index (χ3n) is 11.0. The van der Waals surface area contributed by atoms with Gasteiger partial charge in [0.15, 0.2) is 0 Å². The highest BCUT2D eigenvalue weighted by Crippen LogP contribution is 2.09. The first-order valence-electron chi connectivity index (χ1n) is 23.9. The van der Waals surface area contributed by atoms with Crippen molar-refractivity contribution in [3.05, 3.63) is 35.9 Å². The number of rotatable bonds is 34. The predicted molar refractivity (Wildman–Crippen MR) is 263 cm³/mol. The Morgan fingerprint density at radius 3 is 1.34 bits per heavy atom. The van der Waals surface area contributed by atoms with Crippen molar-refractivity contribution in [2.75, 3.05) is 26.3 Å². The average molecular weight is 1080 g/mol. The molecule has 1 aromatic rings. The number of primary amides is 1. The van der Waals surface area contributed by atoms with Crippen LogP contribution < -0.4 is 70.4 Å². The Morgan fingerprint density at radius 1 is 0.474 bits per heavy atom. The van der Waals surface area contributed by atoms with Crippen molar-refractivity contribution >= 4 is 70.9 Å². The number of benzene rings is 1. The van der Waals surface area contributed by atoms with Gasteiger partial charge in [-0.05, 0) is 66.0 Å².